The highest BCUT2D eigenvalue weighted by Crippen LogP contribution is 2.42. The average molecular weight is 496 g/mol. The minimum Gasteiger partial charge on any atom is -0.507 e. The maximum Gasteiger partial charge on any atom is 0.302 e. The Hall–Kier alpha value is -4.39. The van der Waals surface area contributed by atoms with Crippen molar-refractivity contribution in [3.63, 3.8) is 0 Å². The molecule has 0 bridgehead atoms. The largest absolute Gasteiger partial charge is 0.507 e. The van der Waals surface area contributed by atoms with Gasteiger partial charge in [0.2, 0.25) is 5.95 Å². The van der Waals surface area contributed by atoms with Crippen molar-refractivity contribution >= 4 is 34.4 Å². The van der Waals surface area contributed by atoms with Gasteiger partial charge in [0.15, 0.2) is 0 Å². The van der Waals surface area contributed by atoms with Crippen LogP contribution in [0.25, 0.3) is 16.8 Å². The lowest BCUT2D eigenvalue weighted by molar-refractivity contribution is -0.132. The predicted molar refractivity (Wildman–Crippen MR) is 144 cm³/mol. The summed E-state index contributed by atoms with van der Waals surface area (Å²) in [6.07, 6.45) is 3.19. The number of imidazole rings is 1. The molecule has 1 saturated heterocycles. The molecule has 1 atom stereocenters. The number of para-hydroxylation sites is 2. The summed E-state index contributed by atoms with van der Waals surface area (Å²) >= 11 is 0. The normalized spacial score (nSPS) is 17.0. The highest BCUT2D eigenvalue weighted by Gasteiger charge is 2.48. The Morgan fingerprint density at radius 2 is 1.81 bits per heavy atom. The van der Waals surface area contributed by atoms with Gasteiger partial charge in [0.05, 0.1) is 29.3 Å². The smallest absolute Gasteiger partial charge is 0.302 e. The van der Waals surface area contributed by atoms with Gasteiger partial charge in [-0.1, -0.05) is 61.7 Å². The zero-order valence-electron chi connectivity index (χ0n) is 20.9. The Labute approximate surface area is 215 Å². The van der Waals surface area contributed by atoms with E-state index in [1.165, 1.54) is 4.90 Å². The summed E-state index contributed by atoms with van der Waals surface area (Å²) in [6.45, 7) is 4.70. The molecule has 7 heteroatoms. The summed E-state index contributed by atoms with van der Waals surface area (Å²) in [5.74, 6) is -0.802. The van der Waals surface area contributed by atoms with Crippen molar-refractivity contribution in [1.82, 2.24) is 9.97 Å². The van der Waals surface area contributed by atoms with Crippen LogP contribution in [0.15, 0.2) is 78.4 Å². The molecule has 4 aromatic rings. The van der Waals surface area contributed by atoms with Crippen LogP contribution in [0, 0.1) is 6.92 Å². The Kier molecular flexibility index (Phi) is 6.77. The number of nitrogens with zero attached hydrogens (tertiary/aromatic N) is 2. The quantitative estimate of drug-likeness (QED) is 0.134. The van der Waals surface area contributed by atoms with Crippen molar-refractivity contribution in [3.05, 3.63) is 95.1 Å². The molecule has 1 fully saturated rings. The number of amides is 1. The number of Topliss-reactive ketones (excluding diaryl/α,β-unsaturated/α-hetero) is 1. The monoisotopic (exact) mass is 495 g/mol. The van der Waals surface area contributed by atoms with E-state index in [1.807, 2.05) is 55.5 Å². The number of aromatic amines is 1. The van der Waals surface area contributed by atoms with Gasteiger partial charge in [-0.25, -0.2) is 4.98 Å². The fourth-order valence-corrected chi connectivity index (χ4v) is 4.67. The van der Waals surface area contributed by atoms with Crippen LogP contribution in [-0.2, 0) is 9.59 Å². The lowest BCUT2D eigenvalue weighted by Crippen LogP contribution is -2.30. The maximum atomic E-state index is 13.4. The summed E-state index contributed by atoms with van der Waals surface area (Å²) in [5.41, 5.74) is 3.55. The second-order valence-electron chi connectivity index (χ2n) is 9.24. The van der Waals surface area contributed by atoms with Crippen LogP contribution in [-0.4, -0.2) is 33.4 Å². The van der Waals surface area contributed by atoms with E-state index in [-0.39, 0.29) is 17.3 Å². The molecule has 2 N–H and O–H groups in total. The second kappa shape index (κ2) is 10.3. The second-order valence-corrected chi connectivity index (χ2v) is 9.24. The number of fused-ring (bicyclic) bond motifs is 1. The van der Waals surface area contributed by atoms with E-state index in [0.29, 0.717) is 29.0 Å². The van der Waals surface area contributed by atoms with E-state index >= 15 is 0 Å². The van der Waals surface area contributed by atoms with Crippen molar-refractivity contribution in [2.75, 3.05) is 11.5 Å². The SMILES string of the molecule is CCCCCOc1ccc(/C(O)=C2\C(=O)C(=O)N(c3nc4ccccc4[nH]3)C2c2cccc(C)c2)cc1. The summed E-state index contributed by atoms with van der Waals surface area (Å²) in [6, 6.07) is 21.1. The van der Waals surface area contributed by atoms with Gasteiger partial charge in [-0.2, -0.15) is 0 Å². The molecule has 1 unspecified atom stereocenters. The zero-order chi connectivity index (χ0) is 25.9. The molecule has 0 saturated carbocycles. The number of anilines is 1. The fraction of sp³-hybridized carbons (Fsp3) is 0.233. The molecular formula is C30H29N3O4. The van der Waals surface area contributed by atoms with Gasteiger partial charge in [-0.3, -0.25) is 14.5 Å². The number of aryl methyl sites for hydroxylation is 1. The molecule has 7 nitrogen and oxygen atoms in total. The number of unbranched alkanes of at least 4 members (excludes halogenated alkanes) is 2. The summed E-state index contributed by atoms with van der Waals surface area (Å²) in [4.78, 5) is 35.8. The zero-order valence-corrected chi connectivity index (χ0v) is 20.9. The van der Waals surface area contributed by atoms with Crippen LogP contribution >= 0.6 is 0 Å². The average Bonchev–Trinajstić information content (AvgIpc) is 3.45. The van der Waals surface area contributed by atoms with E-state index in [2.05, 4.69) is 16.9 Å². The van der Waals surface area contributed by atoms with Gasteiger partial charge in [0.1, 0.15) is 11.5 Å². The molecular weight excluding hydrogens is 466 g/mol. The number of ketones is 1. The molecule has 0 radical (unpaired) electrons. The number of hydrogen-bond donors (Lipinski definition) is 2. The van der Waals surface area contributed by atoms with Crippen molar-refractivity contribution in [2.24, 2.45) is 0 Å². The number of nitrogens with one attached hydrogen (secondary N) is 1. The molecule has 5 rings (SSSR count). The standard InChI is InChI=1S/C30H29N3O4/c1-3-4-7-17-37-22-15-13-20(14-16-22)27(34)25-26(21-10-8-9-19(2)18-21)33(29(36)28(25)35)30-31-23-11-5-6-12-24(23)32-30/h5-6,8-16,18,26,34H,3-4,7,17H2,1-2H3,(H,31,32)/b27-25+. The molecule has 1 amide bonds. The number of rotatable bonds is 8. The number of carbonyl (C=O) groups is 2. The molecule has 1 aliphatic heterocycles. The number of aliphatic hydroxyl groups excluding tert-OH is 1. The Morgan fingerprint density at radius 3 is 2.54 bits per heavy atom. The first-order chi connectivity index (χ1) is 18.0. The van der Waals surface area contributed by atoms with Gasteiger partial charge < -0.3 is 14.8 Å². The van der Waals surface area contributed by atoms with Crippen molar-refractivity contribution in [2.45, 2.75) is 39.2 Å². The first-order valence-corrected chi connectivity index (χ1v) is 12.5. The van der Waals surface area contributed by atoms with Gasteiger partial charge in [-0.15, -0.1) is 0 Å². The van der Waals surface area contributed by atoms with Crippen LogP contribution in [0.2, 0.25) is 0 Å². The Balaban J connectivity index is 1.57. The number of ether oxygens (including phenoxy) is 1. The molecule has 188 valence electrons. The van der Waals surface area contributed by atoms with Crippen LogP contribution in [0.1, 0.15) is 48.9 Å². The molecule has 3 aromatic carbocycles. The minimum absolute atomic E-state index is 0.0210. The number of aromatic nitrogens is 2. The first-order valence-electron chi connectivity index (χ1n) is 12.5. The topological polar surface area (TPSA) is 95.5 Å². The minimum atomic E-state index is -0.842. The molecule has 2 heterocycles. The third-order valence-electron chi connectivity index (χ3n) is 6.55. The van der Waals surface area contributed by atoms with Crippen LogP contribution in [0.4, 0.5) is 5.95 Å². The number of carbonyl (C=O) groups excluding carboxylic acids is 2. The maximum absolute atomic E-state index is 13.4. The van der Waals surface area contributed by atoms with Crippen LogP contribution < -0.4 is 9.64 Å². The molecule has 1 aliphatic rings. The third-order valence-corrected chi connectivity index (χ3v) is 6.55. The Morgan fingerprint density at radius 1 is 1.03 bits per heavy atom. The van der Waals surface area contributed by atoms with E-state index < -0.39 is 17.7 Å². The summed E-state index contributed by atoms with van der Waals surface area (Å²) < 4.78 is 5.77. The number of aliphatic hydroxyl groups is 1. The number of benzene rings is 3. The Bertz CT molecular complexity index is 1450. The molecule has 0 aliphatic carbocycles. The summed E-state index contributed by atoms with van der Waals surface area (Å²) in [5, 5.41) is 11.4. The van der Waals surface area contributed by atoms with E-state index in [9.17, 15) is 14.7 Å². The highest BCUT2D eigenvalue weighted by atomic mass is 16.5. The lowest BCUT2D eigenvalue weighted by atomic mass is 9.94. The van der Waals surface area contributed by atoms with Gasteiger partial charge >= 0.3 is 5.91 Å². The molecule has 37 heavy (non-hydrogen) atoms. The van der Waals surface area contributed by atoms with E-state index in [0.717, 1.165) is 30.3 Å². The number of hydrogen-bond acceptors (Lipinski definition) is 5. The van der Waals surface area contributed by atoms with Gasteiger partial charge in [0, 0.05) is 5.56 Å². The van der Waals surface area contributed by atoms with Crippen molar-refractivity contribution < 1.29 is 19.4 Å². The van der Waals surface area contributed by atoms with Crippen LogP contribution in [0.5, 0.6) is 5.75 Å². The molecule has 1 aromatic heterocycles. The van der Waals surface area contributed by atoms with Crippen molar-refractivity contribution in [1.29, 1.82) is 0 Å². The first kappa shape index (κ1) is 24.3. The van der Waals surface area contributed by atoms with E-state index in [1.54, 1.807) is 24.3 Å². The number of H-pyrrole nitrogens is 1. The van der Waals surface area contributed by atoms with Crippen LogP contribution in [0.3, 0.4) is 0 Å². The lowest BCUT2D eigenvalue weighted by Gasteiger charge is -2.23. The fourth-order valence-electron chi connectivity index (χ4n) is 4.67. The summed E-state index contributed by atoms with van der Waals surface area (Å²) in [7, 11) is 0. The van der Waals surface area contributed by atoms with E-state index in [4.69, 9.17) is 4.74 Å². The third kappa shape index (κ3) is 4.72. The van der Waals surface area contributed by atoms with Gasteiger partial charge in [0.25, 0.3) is 5.78 Å². The van der Waals surface area contributed by atoms with Gasteiger partial charge in [-0.05, 0) is 55.3 Å². The highest BCUT2D eigenvalue weighted by molar-refractivity contribution is 6.51. The molecule has 0 spiro atoms. The predicted octanol–water partition coefficient (Wildman–Crippen LogP) is 6.07. The van der Waals surface area contributed by atoms with Crippen molar-refractivity contribution in [3.8, 4) is 5.75 Å².